The van der Waals surface area contributed by atoms with Crippen molar-refractivity contribution in [1.82, 2.24) is 0 Å². The molecule has 0 bridgehead atoms. The molecule has 0 aliphatic carbocycles. The summed E-state index contributed by atoms with van der Waals surface area (Å²) in [5.41, 5.74) is 0.448. The van der Waals surface area contributed by atoms with E-state index in [2.05, 4.69) is 0 Å². The summed E-state index contributed by atoms with van der Waals surface area (Å²) in [6, 6.07) is 11.7. The fourth-order valence-corrected chi connectivity index (χ4v) is 1.65. The fraction of sp³-hybridized carbons (Fsp3) is 0.0714. The highest BCUT2D eigenvalue weighted by Gasteiger charge is 2.13. The number of nitriles is 1. The normalized spacial score (nSPS) is 9.80. The van der Waals surface area contributed by atoms with Crippen LogP contribution in [0.2, 0.25) is 0 Å². The van der Waals surface area contributed by atoms with E-state index in [9.17, 15) is 14.5 Å². The molecule has 2 rings (SSSR count). The van der Waals surface area contributed by atoms with Crippen LogP contribution in [0.5, 0.6) is 5.75 Å². The van der Waals surface area contributed by atoms with Crippen LogP contribution >= 0.6 is 0 Å². The van der Waals surface area contributed by atoms with Crippen molar-refractivity contribution < 1.29 is 14.1 Å². The molecule has 0 spiro atoms. The number of hydrogen-bond acceptors (Lipinski definition) is 4. The lowest BCUT2D eigenvalue weighted by Gasteiger charge is -2.07. The highest BCUT2D eigenvalue weighted by atomic mass is 19.1. The van der Waals surface area contributed by atoms with Crippen molar-refractivity contribution >= 4 is 5.69 Å². The van der Waals surface area contributed by atoms with Crippen molar-refractivity contribution in [3.63, 3.8) is 0 Å². The molecule has 0 aromatic heterocycles. The van der Waals surface area contributed by atoms with Crippen molar-refractivity contribution in [1.29, 1.82) is 5.26 Å². The SMILES string of the molecule is N#Cc1ccc(OCc2ccccc2[N+](=O)[O-])c(F)c1. The van der Waals surface area contributed by atoms with E-state index in [0.717, 1.165) is 6.07 Å². The molecule has 0 aliphatic rings. The average molecular weight is 272 g/mol. The van der Waals surface area contributed by atoms with Gasteiger partial charge in [0.1, 0.15) is 6.61 Å². The van der Waals surface area contributed by atoms with Gasteiger partial charge in [-0.2, -0.15) is 5.26 Å². The second kappa shape index (κ2) is 5.80. The van der Waals surface area contributed by atoms with Crippen LogP contribution in [0.15, 0.2) is 42.5 Å². The summed E-state index contributed by atoms with van der Waals surface area (Å²) in [5.74, 6) is -0.732. The number of nitrogens with zero attached hydrogens (tertiary/aromatic N) is 2. The van der Waals surface area contributed by atoms with Gasteiger partial charge in [0, 0.05) is 6.07 Å². The minimum Gasteiger partial charge on any atom is -0.486 e. The second-order valence-electron chi connectivity index (χ2n) is 3.93. The topological polar surface area (TPSA) is 76.2 Å². The number of ether oxygens (including phenoxy) is 1. The van der Waals surface area contributed by atoms with Crippen molar-refractivity contribution in [2.24, 2.45) is 0 Å². The largest absolute Gasteiger partial charge is 0.486 e. The molecule has 5 nitrogen and oxygen atoms in total. The van der Waals surface area contributed by atoms with E-state index in [1.165, 1.54) is 18.2 Å². The van der Waals surface area contributed by atoms with E-state index in [1.54, 1.807) is 18.2 Å². The third kappa shape index (κ3) is 2.90. The van der Waals surface area contributed by atoms with Gasteiger partial charge in [-0.05, 0) is 24.3 Å². The van der Waals surface area contributed by atoms with Gasteiger partial charge in [-0.25, -0.2) is 4.39 Å². The first-order chi connectivity index (χ1) is 9.61. The lowest BCUT2D eigenvalue weighted by atomic mass is 10.2. The van der Waals surface area contributed by atoms with E-state index in [-0.39, 0.29) is 23.6 Å². The molecule has 0 aliphatic heterocycles. The van der Waals surface area contributed by atoms with Crippen LogP contribution in [0.25, 0.3) is 0 Å². The highest BCUT2D eigenvalue weighted by Crippen LogP contribution is 2.22. The van der Waals surface area contributed by atoms with Crippen molar-refractivity contribution in [3.8, 4) is 11.8 Å². The zero-order chi connectivity index (χ0) is 14.5. The molecule has 20 heavy (non-hydrogen) atoms. The molecule has 0 fully saturated rings. The average Bonchev–Trinajstić information content (AvgIpc) is 2.46. The molecule has 0 N–H and O–H groups in total. The quantitative estimate of drug-likeness (QED) is 0.632. The molecular weight excluding hydrogens is 263 g/mol. The standard InChI is InChI=1S/C14H9FN2O3/c15-12-7-10(8-16)5-6-14(12)20-9-11-3-1-2-4-13(11)17(18)19/h1-7H,9H2. The Morgan fingerprint density at radius 3 is 2.70 bits per heavy atom. The minimum absolute atomic E-state index is 0.0536. The molecule has 0 unspecified atom stereocenters. The summed E-state index contributed by atoms with van der Waals surface area (Å²) in [7, 11) is 0. The Bertz CT molecular complexity index is 695. The van der Waals surface area contributed by atoms with Gasteiger partial charge in [0.05, 0.1) is 22.1 Å². The predicted molar refractivity (Wildman–Crippen MR) is 68.5 cm³/mol. The Balaban J connectivity index is 2.18. The zero-order valence-corrected chi connectivity index (χ0v) is 10.2. The molecule has 0 atom stereocenters. The molecule has 100 valence electrons. The van der Waals surface area contributed by atoms with Gasteiger partial charge >= 0.3 is 0 Å². The monoisotopic (exact) mass is 272 g/mol. The van der Waals surface area contributed by atoms with Crippen LogP contribution in [-0.2, 0) is 6.61 Å². The maximum Gasteiger partial charge on any atom is 0.276 e. The predicted octanol–water partition coefficient (Wildman–Crippen LogP) is 3.18. The summed E-state index contributed by atoms with van der Waals surface area (Å²) in [6.45, 7) is -0.125. The molecule has 2 aromatic rings. The number of para-hydroxylation sites is 1. The first-order valence-corrected chi connectivity index (χ1v) is 5.66. The van der Waals surface area contributed by atoms with Crippen LogP contribution < -0.4 is 4.74 Å². The molecule has 0 amide bonds. The Hall–Kier alpha value is -2.94. The molecule has 0 heterocycles. The van der Waals surface area contributed by atoms with E-state index in [0.29, 0.717) is 5.56 Å². The van der Waals surface area contributed by atoms with Crippen LogP contribution in [0.1, 0.15) is 11.1 Å². The van der Waals surface area contributed by atoms with Crippen molar-refractivity contribution in [3.05, 3.63) is 69.5 Å². The van der Waals surface area contributed by atoms with Crippen molar-refractivity contribution in [2.75, 3.05) is 0 Å². The lowest BCUT2D eigenvalue weighted by Crippen LogP contribution is -2.01. The van der Waals surface area contributed by atoms with Gasteiger partial charge in [0.2, 0.25) is 0 Å². The first kappa shape index (κ1) is 13.5. The number of benzene rings is 2. The summed E-state index contributed by atoms with van der Waals surface area (Å²) in [6.07, 6.45) is 0. The zero-order valence-electron chi connectivity index (χ0n) is 10.2. The van der Waals surface area contributed by atoms with Crippen molar-refractivity contribution in [2.45, 2.75) is 6.61 Å². The number of hydrogen-bond donors (Lipinski definition) is 0. The molecule has 0 saturated carbocycles. The van der Waals surface area contributed by atoms with Gasteiger partial charge in [0.15, 0.2) is 11.6 Å². The lowest BCUT2D eigenvalue weighted by molar-refractivity contribution is -0.385. The molecule has 0 radical (unpaired) electrons. The fourth-order valence-electron chi connectivity index (χ4n) is 1.65. The molecule has 0 saturated heterocycles. The van der Waals surface area contributed by atoms with E-state index < -0.39 is 10.7 Å². The van der Waals surface area contributed by atoms with E-state index in [1.807, 2.05) is 6.07 Å². The Labute approximate surface area is 114 Å². The van der Waals surface area contributed by atoms with E-state index >= 15 is 0 Å². The van der Waals surface area contributed by atoms with E-state index in [4.69, 9.17) is 10.00 Å². The Morgan fingerprint density at radius 1 is 1.30 bits per heavy atom. The van der Waals surface area contributed by atoms with Crippen LogP contribution in [0.4, 0.5) is 10.1 Å². The smallest absolute Gasteiger partial charge is 0.276 e. The van der Waals surface area contributed by atoms with Crippen LogP contribution in [-0.4, -0.2) is 4.92 Å². The van der Waals surface area contributed by atoms with Crippen LogP contribution in [0.3, 0.4) is 0 Å². The maximum absolute atomic E-state index is 13.6. The van der Waals surface area contributed by atoms with Gasteiger partial charge in [0.25, 0.3) is 5.69 Å². The van der Waals surface area contributed by atoms with Gasteiger partial charge < -0.3 is 4.74 Å². The summed E-state index contributed by atoms with van der Waals surface area (Å²) < 4.78 is 18.8. The van der Waals surface area contributed by atoms with Gasteiger partial charge in [-0.15, -0.1) is 0 Å². The summed E-state index contributed by atoms with van der Waals surface area (Å²) >= 11 is 0. The summed E-state index contributed by atoms with van der Waals surface area (Å²) in [4.78, 5) is 10.3. The molecule has 6 heteroatoms. The molecule has 2 aromatic carbocycles. The second-order valence-corrected chi connectivity index (χ2v) is 3.93. The minimum atomic E-state index is -0.678. The van der Waals surface area contributed by atoms with Gasteiger partial charge in [-0.3, -0.25) is 10.1 Å². The highest BCUT2D eigenvalue weighted by molar-refractivity contribution is 5.40. The maximum atomic E-state index is 13.6. The Morgan fingerprint density at radius 2 is 2.05 bits per heavy atom. The molecular formula is C14H9FN2O3. The third-order valence-corrected chi connectivity index (χ3v) is 2.63. The number of rotatable bonds is 4. The number of halogens is 1. The third-order valence-electron chi connectivity index (χ3n) is 2.63. The Kier molecular flexibility index (Phi) is 3.91. The van der Waals surface area contributed by atoms with Crippen LogP contribution in [0, 0.1) is 27.3 Å². The number of nitro benzene ring substituents is 1. The first-order valence-electron chi connectivity index (χ1n) is 5.66. The number of nitro groups is 1. The summed E-state index contributed by atoms with van der Waals surface area (Å²) in [5, 5.41) is 19.4. The van der Waals surface area contributed by atoms with Gasteiger partial charge in [-0.1, -0.05) is 12.1 Å².